The standard InChI is InChI=1S/C15H15N3O2/c1-20-9-8-11-6-7-15(19)14(10-11)18-16-12-4-2-3-5-13(12)17-18/h2-7,10,19H,8-9H2,1H3. The topological polar surface area (TPSA) is 60.2 Å². The molecule has 0 saturated heterocycles. The van der Waals surface area contributed by atoms with Gasteiger partial charge in [-0.25, -0.2) is 0 Å². The largest absolute Gasteiger partial charge is 0.506 e. The van der Waals surface area contributed by atoms with Gasteiger partial charge in [0.25, 0.3) is 0 Å². The van der Waals surface area contributed by atoms with Gasteiger partial charge in [0, 0.05) is 7.11 Å². The molecule has 1 heterocycles. The SMILES string of the molecule is COCCc1ccc(O)c(-n2nc3ccccc3n2)c1. The molecule has 1 aromatic heterocycles. The smallest absolute Gasteiger partial charge is 0.143 e. The predicted molar refractivity (Wildman–Crippen MR) is 76.1 cm³/mol. The highest BCUT2D eigenvalue weighted by Crippen LogP contribution is 2.23. The molecule has 0 atom stereocenters. The van der Waals surface area contributed by atoms with E-state index in [1.807, 2.05) is 36.4 Å². The van der Waals surface area contributed by atoms with Crippen molar-refractivity contribution in [2.75, 3.05) is 13.7 Å². The molecular weight excluding hydrogens is 254 g/mol. The lowest BCUT2D eigenvalue weighted by atomic mass is 10.1. The molecule has 0 aliphatic heterocycles. The molecule has 3 rings (SSSR count). The number of fused-ring (bicyclic) bond motifs is 1. The molecule has 5 heteroatoms. The summed E-state index contributed by atoms with van der Waals surface area (Å²) < 4.78 is 5.07. The van der Waals surface area contributed by atoms with Crippen molar-refractivity contribution in [3.05, 3.63) is 48.0 Å². The van der Waals surface area contributed by atoms with Crippen LogP contribution in [0.15, 0.2) is 42.5 Å². The van der Waals surface area contributed by atoms with Gasteiger partial charge in [0.05, 0.1) is 6.61 Å². The number of hydrogen-bond donors (Lipinski definition) is 1. The summed E-state index contributed by atoms with van der Waals surface area (Å²) in [5.74, 6) is 0.159. The van der Waals surface area contributed by atoms with E-state index in [1.165, 1.54) is 4.80 Å². The van der Waals surface area contributed by atoms with Gasteiger partial charge < -0.3 is 9.84 Å². The van der Waals surface area contributed by atoms with Crippen molar-refractivity contribution < 1.29 is 9.84 Å². The fourth-order valence-electron chi connectivity index (χ4n) is 2.07. The molecule has 0 saturated carbocycles. The van der Waals surface area contributed by atoms with E-state index in [2.05, 4.69) is 10.2 Å². The van der Waals surface area contributed by atoms with Crippen molar-refractivity contribution in [3.8, 4) is 11.4 Å². The van der Waals surface area contributed by atoms with E-state index in [9.17, 15) is 5.11 Å². The fourth-order valence-corrected chi connectivity index (χ4v) is 2.07. The molecule has 0 unspecified atom stereocenters. The summed E-state index contributed by atoms with van der Waals surface area (Å²) in [4.78, 5) is 1.47. The number of ether oxygens (including phenoxy) is 1. The Morgan fingerprint density at radius 1 is 1.10 bits per heavy atom. The molecule has 20 heavy (non-hydrogen) atoms. The lowest BCUT2D eigenvalue weighted by Crippen LogP contribution is -2.01. The van der Waals surface area contributed by atoms with Crippen LogP contribution in [-0.2, 0) is 11.2 Å². The summed E-state index contributed by atoms with van der Waals surface area (Å²) in [6.07, 6.45) is 0.782. The van der Waals surface area contributed by atoms with E-state index in [0.29, 0.717) is 12.3 Å². The second-order valence-electron chi connectivity index (χ2n) is 4.54. The van der Waals surface area contributed by atoms with Crippen LogP contribution >= 0.6 is 0 Å². The number of hydrogen-bond acceptors (Lipinski definition) is 4. The number of rotatable bonds is 4. The number of methoxy groups -OCH3 is 1. The van der Waals surface area contributed by atoms with Crippen LogP contribution in [0.3, 0.4) is 0 Å². The van der Waals surface area contributed by atoms with E-state index in [-0.39, 0.29) is 5.75 Å². The van der Waals surface area contributed by atoms with Crippen molar-refractivity contribution in [2.24, 2.45) is 0 Å². The van der Waals surface area contributed by atoms with Gasteiger partial charge in [-0.2, -0.15) is 0 Å². The van der Waals surface area contributed by atoms with Gasteiger partial charge in [-0.05, 0) is 36.2 Å². The molecule has 102 valence electrons. The third-order valence-corrected chi connectivity index (χ3v) is 3.14. The number of nitrogens with zero attached hydrogens (tertiary/aromatic N) is 3. The minimum Gasteiger partial charge on any atom is -0.506 e. The van der Waals surface area contributed by atoms with Gasteiger partial charge in [0.1, 0.15) is 22.5 Å². The lowest BCUT2D eigenvalue weighted by molar-refractivity contribution is 0.202. The zero-order chi connectivity index (χ0) is 13.9. The van der Waals surface area contributed by atoms with E-state index >= 15 is 0 Å². The van der Waals surface area contributed by atoms with Crippen molar-refractivity contribution in [1.29, 1.82) is 0 Å². The third kappa shape index (κ3) is 2.35. The van der Waals surface area contributed by atoms with Crippen LogP contribution in [0, 0.1) is 0 Å². The van der Waals surface area contributed by atoms with Gasteiger partial charge in [-0.1, -0.05) is 18.2 Å². The van der Waals surface area contributed by atoms with Gasteiger partial charge >= 0.3 is 0 Å². The van der Waals surface area contributed by atoms with Crippen molar-refractivity contribution in [3.63, 3.8) is 0 Å². The summed E-state index contributed by atoms with van der Waals surface area (Å²) in [5, 5.41) is 18.8. The maximum atomic E-state index is 10.0. The molecule has 1 N–H and O–H groups in total. The maximum Gasteiger partial charge on any atom is 0.143 e. The highest BCUT2D eigenvalue weighted by Gasteiger charge is 2.09. The van der Waals surface area contributed by atoms with Gasteiger partial charge in [0.15, 0.2) is 0 Å². The van der Waals surface area contributed by atoms with Crippen LogP contribution in [0.25, 0.3) is 16.7 Å². The van der Waals surface area contributed by atoms with Crippen molar-refractivity contribution in [2.45, 2.75) is 6.42 Å². The third-order valence-electron chi connectivity index (χ3n) is 3.14. The number of aromatic nitrogens is 3. The lowest BCUT2D eigenvalue weighted by Gasteiger charge is -2.06. The van der Waals surface area contributed by atoms with E-state index < -0.39 is 0 Å². The second kappa shape index (κ2) is 5.30. The molecule has 0 amide bonds. The molecule has 0 aliphatic rings. The first-order valence-corrected chi connectivity index (χ1v) is 6.41. The molecule has 3 aromatic rings. The molecule has 0 radical (unpaired) electrons. The summed E-state index contributed by atoms with van der Waals surface area (Å²) in [5.41, 5.74) is 3.25. The normalized spacial score (nSPS) is 11.1. The summed E-state index contributed by atoms with van der Waals surface area (Å²) in [6.45, 7) is 0.638. The van der Waals surface area contributed by atoms with Crippen LogP contribution < -0.4 is 0 Å². The molecule has 0 aliphatic carbocycles. The predicted octanol–water partition coefficient (Wildman–Crippen LogP) is 2.32. The highest BCUT2D eigenvalue weighted by molar-refractivity contribution is 5.73. The Kier molecular flexibility index (Phi) is 3.35. The quantitative estimate of drug-likeness (QED) is 0.789. The molecule has 0 bridgehead atoms. The minimum atomic E-state index is 0.159. The van der Waals surface area contributed by atoms with Gasteiger partial charge in [-0.15, -0.1) is 15.0 Å². The van der Waals surface area contributed by atoms with Gasteiger partial charge in [-0.3, -0.25) is 0 Å². The first-order valence-electron chi connectivity index (χ1n) is 6.41. The first-order chi connectivity index (χ1) is 9.78. The van der Waals surface area contributed by atoms with Crippen LogP contribution in [0.4, 0.5) is 0 Å². The van der Waals surface area contributed by atoms with Gasteiger partial charge in [0.2, 0.25) is 0 Å². The van der Waals surface area contributed by atoms with E-state index in [0.717, 1.165) is 23.0 Å². The van der Waals surface area contributed by atoms with Crippen molar-refractivity contribution in [1.82, 2.24) is 15.0 Å². The Hall–Kier alpha value is -2.40. The molecule has 0 fully saturated rings. The number of phenols is 1. The van der Waals surface area contributed by atoms with Crippen LogP contribution in [0.5, 0.6) is 5.75 Å². The number of aromatic hydroxyl groups is 1. The van der Waals surface area contributed by atoms with E-state index in [1.54, 1.807) is 13.2 Å². The average molecular weight is 269 g/mol. The van der Waals surface area contributed by atoms with Crippen LogP contribution in [-0.4, -0.2) is 33.8 Å². The molecule has 2 aromatic carbocycles. The highest BCUT2D eigenvalue weighted by atomic mass is 16.5. The Bertz CT molecular complexity index is 704. The monoisotopic (exact) mass is 269 g/mol. The first kappa shape index (κ1) is 12.6. The Morgan fingerprint density at radius 2 is 1.80 bits per heavy atom. The number of phenolic OH excluding ortho intramolecular Hbond substituents is 1. The minimum absolute atomic E-state index is 0.159. The molecule has 0 spiro atoms. The summed E-state index contributed by atoms with van der Waals surface area (Å²) in [6, 6.07) is 13.0. The van der Waals surface area contributed by atoms with Crippen LogP contribution in [0.1, 0.15) is 5.56 Å². The molecule has 5 nitrogen and oxygen atoms in total. The zero-order valence-corrected chi connectivity index (χ0v) is 11.2. The van der Waals surface area contributed by atoms with Crippen molar-refractivity contribution >= 4 is 11.0 Å². The Morgan fingerprint density at radius 3 is 2.45 bits per heavy atom. The Balaban J connectivity index is 2.03. The van der Waals surface area contributed by atoms with E-state index in [4.69, 9.17) is 4.74 Å². The summed E-state index contributed by atoms with van der Waals surface area (Å²) >= 11 is 0. The zero-order valence-electron chi connectivity index (χ0n) is 11.2. The fraction of sp³-hybridized carbons (Fsp3) is 0.200. The second-order valence-corrected chi connectivity index (χ2v) is 4.54. The molecular formula is C15H15N3O2. The maximum absolute atomic E-state index is 10.0. The summed E-state index contributed by atoms with van der Waals surface area (Å²) in [7, 11) is 1.67. The number of benzene rings is 2. The Labute approximate surface area is 116 Å². The van der Waals surface area contributed by atoms with Crippen LogP contribution in [0.2, 0.25) is 0 Å². The average Bonchev–Trinajstić information content (AvgIpc) is 2.90.